The monoisotopic (exact) mass is 476 g/mol. The first-order valence-corrected chi connectivity index (χ1v) is 11.4. The topological polar surface area (TPSA) is 123 Å². The second-order valence-electron chi connectivity index (χ2n) is 8.86. The maximum Gasteiger partial charge on any atom is 0.412 e. The molecule has 2 aromatic carbocycles. The molecule has 2 amide bonds. The quantitative estimate of drug-likeness (QED) is 0.449. The summed E-state index contributed by atoms with van der Waals surface area (Å²) in [5, 5.41) is 18.8. The zero-order valence-electron chi connectivity index (χ0n) is 19.9. The molecule has 1 aliphatic rings. The number of carboxylic acids is 1. The fourth-order valence-corrected chi connectivity index (χ4v) is 4.52. The molecule has 0 bridgehead atoms. The van der Waals surface area contributed by atoms with Crippen LogP contribution in [0.1, 0.15) is 54.1 Å². The zero-order valence-corrected chi connectivity index (χ0v) is 19.9. The molecule has 1 aromatic heterocycles. The fraction of sp³-hybridized carbons (Fsp3) is 0.308. The van der Waals surface area contributed by atoms with E-state index in [4.69, 9.17) is 4.74 Å². The first-order valence-electron chi connectivity index (χ1n) is 11.4. The number of carbonyl (C=O) groups excluding carboxylic acids is 2. The van der Waals surface area contributed by atoms with Gasteiger partial charge in [0.25, 0.3) is 5.91 Å². The number of hydrogen-bond donors (Lipinski definition) is 3. The number of nitrogens with zero attached hydrogens (tertiary/aromatic N) is 2. The van der Waals surface area contributed by atoms with Gasteiger partial charge in [0, 0.05) is 19.2 Å². The van der Waals surface area contributed by atoms with Crippen LogP contribution in [0, 0.1) is 0 Å². The second-order valence-corrected chi connectivity index (χ2v) is 8.86. The Kier molecular flexibility index (Phi) is 6.59. The lowest BCUT2D eigenvalue weighted by molar-refractivity contribution is -0.144. The van der Waals surface area contributed by atoms with Crippen LogP contribution in [0.3, 0.4) is 0 Å². The first-order chi connectivity index (χ1) is 16.7. The number of fused-ring (bicyclic) bond motifs is 3. The van der Waals surface area contributed by atoms with E-state index in [9.17, 15) is 19.5 Å². The van der Waals surface area contributed by atoms with E-state index in [1.807, 2.05) is 43.3 Å². The van der Waals surface area contributed by atoms with Crippen LogP contribution in [-0.2, 0) is 16.6 Å². The molecule has 0 aliphatic heterocycles. The predicted octanol–water partition coefficient (Wildman–Crippen LogP) is 4.15. The summed E-state index contributed by atoms with van der Waals surface area (Å²) in [7, 11) is 1.60. The molecule has 1 aliphatic carbocycles. The fourth-order valence-electron chi connectivity index (χ4n) is 4.52. The molecule has 1 atom stereocenters. The summed E-state index contributed by atoms with van der Waals surface area (Å²) in [5.41, 5.74) is 3.02. The average Bonchev–Trinajstić information content (AvgIpc) is 3.35. The molecule has 3 aromatic rings. The van der Waals surface area contributed by atoms with Crippen molar-refractivity contribution in [1.82, 2.24) is 15.1 Å². The minimum absolute atomic E-state index is 0.00791. The van der Waals surface area contributed by atoms with Crippen LogP contribution in [0.25, 0.3) is 11.1 Å². The normalized spacial score (nSPS) is 13.9. The lowest BCUT2D eigenvalue weighted by Gasteiger charge is -2.25. The van der Waals surface area contributed by atoms with Crippen molar-refractivity contribution in [3.05, 3.63) is 71.4 Å². The number of carboxylic acid groups (broad SMARTS) is 1. The molecule has 3 N–H and O–H groups in total. The number of rotatable bonds is 8. The van der Waals surface area contributed by atoms with Gasteiger partial charge in [0.05, 0.1) is 0 Å². The van der Waals surface area contributed by atoms with Crippen LogP contribution in [0.5, 0.6) is 0 Å². The van der Waals surface area contributed by atoms with Gasteiger partial charge in [-0.2, -0.15) is 5.10 Å². The van der Waals surface area contributed by atoms with Gasteiger partial charge in [-0.3, -0.25) is 14.8 Å². The Morgan fingerprint density at radius 2 is 1.69 bits per heavy atom. The summed E-state index contributed by atoms with van der Waals surface area (Å²) in [6, 6.07) is 16.0. The van der Waals surface area contributed by atoms with E-state index in [1.54, 1.807) is 7.05 Å². The Morgan fingerprint density at radius 1 is 1.09 bits per heavy atom. The number of benzene rings is 2. The van der Waals surface area contributed by atoms with Crippen LogP contribution < -0.4 is 10.6 Å². The van der Waals surface area contributed by atoms with Crippen LogP contribution in [0.4, 0.5) is 10.6 Å². The lowest BCUT2D eigenvalue weighted by atomic mass is 9.96. The van der Waals surface area contributed by atoms with Crippen molar-refractivity contribution in [2.24, 2.45) is 7.05 Å². The zero-order chi connectivity index (χ0) is 25.2. The van der Waals surface area contributed by atoms with Gasteiger partial charge in [-0.05, 0) is 35.6 Å². The molecule has 4 rings (SSSR count). The molecule has 9 nitrogen and oxygen atoms in total. The third-order valence-corrected chi connectivity index (χ3v) is 6.25. The van der Waals surface area contributed by atoms with E-state index >= 15 is 0 Å². The molecule has 1 heterocycles. The number of nitrogens with one attached hydrogen (secondary N) is 2. The summed E-state index contributed by atoms with van der Waals surface area (Å²) in [5.74, 6) is -1.90. The highest BCUT2D eigenvalue weighted by atomic mass is 16.5. The molecular formula is C26H28N4O5. The predicted molar refractivity (Wildman–Crippen MR) is 130 cm³/mol. The van der Waals surface area contributed by atoms with E-state index in [0.29, 0.717) is 6.42 Å². The van der Waals surface area contributed by atoms with Crippen molar-refractivity contribution in [3.8, 4) is 11.1 Å². The first kappa shape index (κ1) is 24.0. The third-order valence-electron chi connectivity index (χ3n) is 6.25. The molecule has 182 valence electrons. The van der Waals surface area contributed by atoms with Crippen molar-refractivity contribution in [2.75, 3.05) is 11.9 Å². The Balaban J connectivity index is 1.46. The van der Waals surface area contributed by atoms with Crippen molar-refractivity contribution in [2.45, 2.75) is 38.1 Å². The van der Waals surface area contributed by atoms with Gasteiger partial charge in [0.15, 0.2) is 5.82 Å². The Hall–Kier alpha value is -4.14. The second kappa shape index (κ2) is 9.61. The van der Waals surface area contributed by atoms with E-state index in [1.165, 1.54) is 17.8 Å². The SMILES string of the molecule is CCCC(C)(NC(=O)c1cn(C)nc1NC(=O)OCC1c2ccccc2-c2ccccc21)C(=O)O. The lowest BCUT2D eigenvalue weighted by Crippen LogP contribution is -2.52. The van der Waals surface area contributed by atoms with Gasteiger partial charge in [0.1, 0.15) is 17.7 Å². The highest BCUT2D eigenvalue weighted by Crippen LogP contribution is 2.44. The Morgan fingerprint density at radius 3 is 2.26 bits per heavy atom. The van der Waals surface area contributed by atoms with E-state index in [-0.39, 0.29) is 30.3 Å². The smallest absolute Gasteiger partial charge is 0.412 e. The number of hydrogen-bond acceptors (Lipinski definition) is 5. The Bertz CT molecular complexity index is 1240. The van der Waals surface area contributed by atoms with Gasteiger partial charge in [-0.15, -0.1) is 0 Å². The van der Waals surface area contributed by atoms with Gasteiger partial charge >= 0.3 is 12.1 Å². The number of anilines is 1. The molecule has 0 saturated carbocycles. The summed E-state index contributed by atoms with van der Waals surface area (Å²) < 4.78 is 6.91. The highest BCUT2D eigenvalue weighted by Gasteiger charge is 2.35. The van der Waals surface area contributed by atoms with Gasteiger partial charge < -0.3 is 15.2 Å². The summed E-state index contributed by atoms with van der Waals surface area (Å²) in [6.07, 6.45) is 1.49. The number of carbonyl (C=O) groups is 3. The minimum Gasteiger partial charge on any atom is -0.480 e. The van der Waals surface area contributed by atoms with E-state index < -0.39 is 23.5 Å². The highest BCUT2D eigenvalue weighted by molar-refractivity contribution is 6.03. The summed E-state index contributed by atoms with van der Waals surface area (Å²) in [6.45, 7) is 3.40. The molecule has 0 spiro atoms. The van der Waals surface area contributed by atoms with Gasteiger partial charge in [0.2, 0.25) is 0 Å². The molecular weight excluding hydrogens is 448 g/mol. The maximum atomic E-state index is 12.9. The van der Waals surface area contributed by atoms with Crippen molar-refractivity contribution < 1.29 is 24.2 Å². The van der Waals surface area contributed by atoms with Crippen LogP contribution >= 0.6 is 0 Å². The van der Waals surface area contributed by atoms with E-state index in [0.717, 1.165) is 22.3 Å². The van der Waals surface area contributed by atoms with Crippen molar-refractivity contribution >= 4 is 23.8 Å². The van der Waals surface area contributed by atoms with Crippen LogP contribution in [0.15, 0.2) is 54.7 Å². The number of aryl methyl sites for hydroxylation is 1. The molecule has 35 heavy (non-hydrogen) atoms. The molecule has 9 heteroatoms. The maximum absolute atomic E-state index is 12.9. The standard InChI is InChI=1S/C26H28N4O5/c1-4-13-26(2,24(32)33)28-23(31)20-14-30(3)29-22(20)27-25(34)35-15-21-18-11-7-5-9-16(18)17-10-6-8-12-19(17)21/h5-12,14,21H,4,13,15H2,1-3H3,(H,28,31)(H,32,33)(H,27,29,34). The molecule has 0 fully saturated rings. The van der Waals surface area contributed by atoms with Crippen LogP contribution in [-0.4, -0.2) is 45.0 Å². The molecule has 0 radical (unpaired) electrons. The number of amides is 2. The van der Waals surface area contributed by atoms with Gasteiger partial charge in [-0.1, -0.05) is 61.9 Å². The molecule has 1 unspecified atom stereocenters. The third kappa shape index (κ3) is 4.75. The minimum atomic E-state index is -1.44. The van der Waals surface area contributed by atoms with Crippen molar-refractivity contribution in [1.29, 1.82) is 0 Å². The number of aliphatic carboxylic acids is 1. The van der Waals surface area contributed by atoms with Gasteiger partial charge in [-0.25, -0.2) is 9.59 Å². The summed E-state index contributed by atoms with van der Waals surface area (Å²) >= 11 is 0. The number of aromatic nitrogens is 2. The number of ether oxygens (including phenoxy) is 1. The summed E-state index contributed by atoms with van der Waals surface area (Å²) in [4.78, 5) is 37.2. The Labute approximate surface area is 203 Å². The average molecular weight is 477 g/mol. The van der Waals surface area contributed by atoms with E-state index in [2.05, 4.69) is 27.9 Å². The van der Waals surface area contributed by atoms with Crippen LogP contribution in [0.2, 0.25) is 0 Å². The largest absolute Gasteiger partial charge is 0.480 e. The van der Waals surface area contributed by atoms with Crippen molar-refractivity contribution in [3.63, 3.8) is 0 Å². The molecule has 0 saturated heterocycles.